The van der Waals surface area contributed by atoms with Gasteiger partial charge < -0.3 is 0 Å². The molecule has 0 aromatic heterocycles. The van der Waals surface area contributed by atoms with Crippen LogP contribution in [0.1, 0.15) is 40.0 Å². The van der Waals surface area contributed by atoms with E-state index in [1.54, 1.807) is 0 Å². The number of hydrogen-bond donors (Lipinski definition) is 0. The fraction of sp³-hybridized carbons (Fsp3) is 0.800. The summed E-state index contributed by atoms with van der Waals surface area (Å²) >= 11 is -0.415. The minimum Gasteiger partial charge on any atom is -0.148 e. The summed E-state index contributed by atoms with van der Waals surface area (Å²) in [6, 6.07) is 0. The molecule has 0 atom stereocenters. The average molecular weight is 168 g/mol. The van der Waals surface area contributed by atoms with E-state index in [0.29, 0.717) is 0 Å². The Kier molecular flexibility index (Phi) is 8.58. The van der Waals surface area contributed by atoms with Gasteiger partial charge in [0.15, 0.2) is 0 Å². The van der Waals surface area contributed by atoms with Crippen molar-refractivity contribution in [1.82, 2.24) is 0 Å². The first kappa shape index (κ1) is 11.3. The van der Waals surface area contributed by atoms with E-state index in [9.17, 15) is 0 Å². The highest BCUT2D eigenvalue weighted by atomic mass is 27.2. The molecule has 0 rings (SSSR count). The molecule has 0 saturated heterocycles. The van der Waals surface area contributed by atoms with Crippen molar-refractivity contribution in [1.29, 1.82) is 0 Å². The van der Waals surface area contributed by atoms with E-state index in [1.165, 1.54) is 29.8 Å². The molecule has 0 nitrogen and oxygen atoms in total. The second-order valence-electron chi connectivity index (χ2n) is 3.15. The Balaban J connectivity index is 3.36. The third-order valence-electron chi connectivity index (χ3n) is 2.18. The van der Waals surface area contributed by atoms with Crippen LogP contribution in [0.3, 0.4) is 0 Å². The predicted molar refractivity (Wildman–Crippen MR) is 55.4 cm³/mol. The van der Waals surface area contributed by atoms with E-state index in [4.69, 9.17) is 0 Å². The van der Waals surface area contributed by atoms with Crippen molar-refractivity contribution in [3.8, 4) is 0 Å². The van der Waals surface area contributed by atoms with Crippen LogP contribution in [0.2, 0.25) is 10.6 Å². The average Bonchev–Trinajstić information content (AvgIpc) is 2.05. The van der Waals surface area contributed by atoms with E-state index in [-0.39, 0.29) is 0 Å². The van der Waals surface area contributed by atoms with Crippen molar-refractivity contribution >= 4 is 14.1 Å². The summed E-state index contributed by atoms with van der Waals surface area (Å²) < 4.78 is 0. The molecule has 0 fully saturated rings. The number of hydrogen-bond acceptors (Lipinski definition) is 0. The maximum absolute atomic E-state index is 2.52. The molecule has 0 saturated carbocycles. The molecule has 64 valence electrons. The highest BCUT2D eigenvalue weighted by molar-refractivity contribution is 6.64. The van der Waals surface area contributed by atoms with Crippen LogP contribution in [0.4, 0.5) is 0 Å². The molecule has 0 aliphatic heterocycles. The van der Waals surface area contributed by atoms with Crippen LogP contribution in [0.5, 0.6) is 0 Å². The van der Waals surface area contributed by atoms with Gasteiger partial charge in [0.1, 0.15) is 0 Å². The van der Waals surface area contributed by atoms with Crippen LogP contribution >= 0.6 is 0 Å². The highest BCUT2D eigenvalue weighted by Gasteiger charge is 2.04. The topological polar surface area (TPSA) is 0 Å². The lowest BCUT2D eigenvalue weighted by molar-refractivity contribution is 0.815. The Morgan fingerprint density at radius 3 is 2.18 bits per heavy atom. The summed E-state index contributed by atoms with van der Waals surface area (Å²) in [5.41, 5.74) is 0. The normalized spacial score (nSPS) is 10.8. The summed E-state index contributed by atoms with van der Waals surface area (Å²) in [5, 5.41) is 2.86. The zero-order valence-electron chi connectivity index (χ0n) is 8.27. The van der Waals surface area contributed by atoms with E-state index < -0.39 is 14.1 Å². The molecule has 0 heterocycles. The van der Waals surface area contributed by atoms with E-state index in [1.807, 2.05) is 0 Å². The van der Waals surface area contributed by atoms with Crippen molar-refractivity contribution in [2.75, 3.05) is 0 Å². The summed E-state index contributed by atoms with van der Waals surface area (Å²) in [6.45, 7) is 6.90. The Labute approximate surface area is 76.1 Å². The largest absolute Gasteiger partial charge is 0.293 e. The molecule has 0 amide bonds. The third kappa shape index (κ3) is 6.66. The van der Waals surface area contributed by atoms with E-state index >= 15 is 0 Å². The van der Waals surface area contributed by atoms with Crippen LogP contribution in [-0.2, 0) is 0 Å². The molecule has 0 unspecified atom stereocenters. The quantitative estimate of drug-likeness (QED) is 0.418. The minimum absolute atomic E-state index is 0.415. The number of rotatable bonds is 6. The Hall–Kier alpha value is 0.272. The first-order valence-corrected chi connectivity index (χ1v) is 7.31. The second kappa shape index (κ2) is 8.37. The van der Waals surface area contributed by atoms with Gasteiger partial charge in [-0.3, -0.25) is 0 Å². The molecular formula is C10H21Al. The molecule has 0 bridgehead atoms. The lowest BCUT2D eigenvalue weighted by Gasteiger charge is -1.97. The molecule has 0 spiro atoms. The van der Waals surface area contributed by atoms with Gasteiger partial charge in [-0.15, -0.1) is 11.0 Å². The SMILES string of the molecule is CCCCC=[CH][Al]([CH2]C)[CH2]C. The van der Waals surface area contributed by atoms with E-state index in [0.717, 1.165) is 0 Å². The Morgan fingerprint density at radius 2 is 1.73 bits per heavy atom. The van der Waals surface area contributed by atoms with Gasteiger partial charge in [0.2, 0.25) is 0 Å². The number of allylic oxidation sites excluding steroid dienone is 1. The number of unbranched alkanes of at least 4 members (excludes halogenated alkanes) is 2. The fourth-order valence-corrected chi connectivity index (χ4v) is 2.87. The van der Waals surface area contributed by atoms with Gasteiger partial charge in [0.25, 0.3) is 14.1 Å². The standard InChI is InChI=1S/C6H11.2C2H5.Al/c1-3-5-6-4-2;2*1-2;/h1,3H,4-6H2,2H3;2*1H2,2H3;. The zero-order chi connectivity index (χ0) is 8.53. The molecule has 0 aliphatic carbocycles. The maximum Gasteiger partial charge on any atom is 0.293 e. The zero-order valence-corrected chi connectivity index (χ0v) is 9.42. The van der Waals surface area contributed by atoms with Crippen molar-refractivity contribution < 1.29 is 0 Å². The molecule has 0 N–H and O–H groups in total. The Bertz CT molecular complexity index is 93.0. The van der Waals surface area contributed by atoms with Gasteiger partial charge in [0, 0.05) is 0 Å². The van der Waals surface area contributed by atoms with Gasteiger partial charge in [-0.1, -0.05) is 44.2 Å². The molecule has 0 aliphatic rings. The molecular weight excluding hydrogens is 147 g/mol. The molecule has 1 heteroatoms. The predicted octanol–water partition coefficient (Wildman–Crippen LogP) is 3.81. The van der Waals surface area contributed by atoms with Gasteiger partial charge >= 0.3 is 0 Å². The maximum atomic E-state index is 2.52. The van der Waals surface area contributed by atoms with Gasteiger partial charge in [-0.25, -0.2) is 0 Å². The Morgan fingerprint density at radius 1 is 1.09 bits per heavy atom. The summed E-state index contributed by atoms with van der Waals surface area (Å²) in [4.78, 5) is 2.52. The first-order chi connectivity index (χ1) is 5.35. The van der Waals surface area contributed by atoms with Gasteiger partial charge in [-0.2, -0.15) is 0 Å². The summed E-state index contributed by atoms with van der Waals surface area (Å²) in [5.74, 6) is 0. The van der Waals surface area contributed by atoms with Crippen LogP contribution in [0.25, 0.3) is 0 Å². The van der Waals surface area contributed by atoms with Crippen molar-refractivity contribution in [3.05, 3.63) is 11.0 Å². The summed E-state index contributed by atoms with van der Waals surface area (Å²) in [7, 11) is 0. The van der Waals surface area contributed by atoms with Crippen LogP contribution < -0.4 is 0 Å². The van der Waals surface area contributed by atoms with Crippen molar-refractivity contribution in [2.24, 2.45) is 0 Å². The lowest BCUT2D eigenvalue weighted by Crippen LogP contribution is -2.03. The summed E-state index contributed by atoms with van der Waals surface area (Å²) in [6.07, 6.45) is 6.41. The second-order valence-corrected chi connectivity index (χ2v) is 6.69. The molecule has 11 heavy (non-hydrogen) atoms. The highest BCUT2D eigenvalue weighted by Crippen LogP contribution is 2.02. The molecule has 0 aromatic rings. The first-order valence-electron chi connectivity index (χ1n) is 5.01. The van der Waals surface area contributed by atoms with Crippen LogP contribution in [-0.4, -0.2) is 14.1 Å². The van der Waals surface area contributed by atoms with Crippen LogP contribution in [0, 0.1) is 0 Å². The minimum atomic E-state index is -0.415. The van der Waals surface area contributed by atoms with Crippen molar-refractivity contribution in [3.63, 3.8) is 0 Å². The smallest absolute Gasteiger partial charge is 0.148 e. The fourth-order valence-electron chi connectivity index (χ4n) is 1.17. The molecule has 0 radical (unpaired) electrons. The lowest BCUT2D eigenvalue weighted by atomic mass is 10.2. The molecule has 0 aromatic carbocycles. The third-order valence-corrected chi connectivity index (χ3v) is 5.10. The monoisotopic (exact) mass is 168 g/mol. The van der Waals surface area contributed by atoms with Crippen LogP contribution in [0.15, 0.2) is 11.0 Å². The van der Waals surface area contributed by atoms with E-state index in [2.05, 4.69) is 31.8 Å². The van der Waals surface area contributed by atoms with Crippen molar-refractivity contribution in [2.45, 2.75) is 50.6 Å². The van der Waals surface area contributed by atoms with Gasteiger partial charge in [0.05, 0.1) is 0 Å². The van der Waals surface area contributed by atoms with Gasteiger partial charge in [-0.05, 0) is 6.42 Å².